The van der Waals surface area contributed by atoms with E-state index in [1.165, 1.54) is 29.5 Å². The van der Waals surface area contributed by atoms with Crippen LogP contribution in [0.5, 0.6) is 0 Å². The number of hydrazone groups is 1. The molecule has 0 aliphatic heterocycles. The van der Waals surface area contributed by atoms with Crippen LogP contribution in [0.4, 0.5) is 5.69 Å². The van der Waals surface area contributed by atoms with Crippen molar-refractivity contribution in [1.29, 1.82) is 0 Å². The fourth-order valence-electron chi connectivity index (χ4n) is 1.56. The summed E-state index contributed by atoms with van der Waals surface area (Å²) in [5, 5.41) is 6.93. The van der Waals surface area contributed by atoms with Crippen LogP contribution >= 0.6 is 46.1 Å². The van der Waals surface area contributed by atoms with E-state index in [1.54, 1.807) is 19.1 Å². The highest BCUT2D eigenvalue weighted by Crippen LogP contribution is 2.23. The molecule has 1 aromatic carbocycles. The summed E-state index contributed by atoms with van der Waals surface area (Å²) in [6.07, 6.45) is 0. The zero-order valence-corrected chi connectivity index (χ0v) is 14.8. The van der Waals surface area contributed by atoms with Gasteiger partial charge in [-0.3, -0.25) is 9.59 Å². The number of anilines is 1. The Labute approximate surface area is 151 Å². The summed E-state index contributed by atoms with van der Waals surface area (Å²) in [7, 11) is 0. The van der Waals surface area contributed by atoms with E-state index in [-0.39, 0.29) is 0 Å². The van der Waals surface area contributed by atoms with E-state index in [9.17, 15) is 9.59 Å². The van der Waals surface area contributed by atoms with Crippen molar-refractivity contribution >= 4 is 69.4 Å². The Morgan fingerprint density at radius 2 is 1.70 bits per heavy atom. The lowest BCUT2D eigenvalue weighted by Gasteiger charge is -2.05. The molecule has 0 unspecified atom stereocenters. The van der Waals surface area contributed by atoms with Crippen molar-refractivity contribution in [1.82, 2.24) is 5.43 Å². The van der Waals surface area contributed by atoms with Crippen molar-refractivity contribution in [2.24, 2.45) is 5.10 Å². The molecule has 120 valence electrons. The van der Waals surface area contributed by atoms with Crippen LogP contribution in [-0.2, 0) is 9.59 Å². The van der Waals surface area contributed by atoms with Gasteiger partial charge in [-0.1, -0.05) is 34.8 Å². The molecular weight excluding hydrogens is 381 g/mol. The van der Waals surface area contributed by atoms with Gasteiger partial charge < -0.3 is 5.32 Å². The summed E-state index contributed by atoms with van der Waals surface area (Å²) in [6.45, 7) is 1.69. The van der Waals surface area contributed by atoms with Crippen LogP contribution in [0.3, 0.4) is 0 Å². The SMILES string of the molecule is CC(=NNC(=O)C(=O)Nc1cc(Cl)cc(Cl)c1)c1ccc(Cl)s1. The maximum absolute atomic E-state index is 11.8. The topological polar surface area (TPSA) is 70.6 Å². The number of hydrogen-bond donors (Lipinski definition) is 2. The molecule has 2 N–H and O–H groups in total. The van der Waals surface area contributed by atoms with Crippen LogP contribution in [0.1, 0.15) is 11.8 Å². The first-order valence-corrected chi connectivity index (χ1v) is 8.17. The number of benzene rings is 1. The van der Waals surface area contributed by atoms with Gasteiger partial charge in [-0.15, -0.1) is 11.3 Å². The molecular formula is C14H10Cl3N3O2S. The zero-order valence-electron chi connectivity index (χ0n) is 11.7. The van der Waals surface area contributed by atoms with Crippen molar-refractivity contribution in [2.45, 2.75) is 6.92 Å². The van der Waals surface area contributed by atoms with Gasteiger partial charge in [0.1, 0.15) is 0 Å². The second kappa shape index (κ2) is 7.79. The third kappa shape index (κ3) is 5.21. The molecule has 0 aliphatic rings. The minimum atomic E-state index is -0.914. The molecule has 23 heavy (non-hydrogen) atoms. The molecule has 0 bridgehead atoms. The average Bonchev–Trinajstić information content (AvgIpc) is 2.89. The Balaban J connectivity index is 1.98. The van der Waals surface area contributed by atoms with E-state index in [0.29, 0.717) is 25.8 Å². The molecule has 0 fully saturated rings. The van der Waals surface area contributed by atoms with Crippen LogP contribution < -0.4 is 10.7 Å². The first-order valence-electron chi connectivity index (χ1n) is 6.22. The Hall–Kier alpha value is -1.60. The van der Waals surface area contributed by atoms with Gasteiger partial charge in [-0.25, -0.2) is 5.43 Å². The van der Waals surface area contributed by atoms with Crippen LogP contribution in [-0.4, -0.2) is 17.5 Å². The van der Waals surface area contributed by atoms with Crippen LogP contribution in [0.15, 0.2) is 35.4 Å². The molecule has 0 saturated heterocycles. The highest BCUT2D eigenvalue weighted by molar-refractivity contribution is 7.18. The second-order valence-electron chi connectivity index (χ2n) is 4.35. The Kier molecular flexibility index (Phi) is 6.01. The van der Waals surface area contributed by atoms with Crippen LogP contribution in [0.2, 0.25) is 14.4 Å². The minimum absolute atomic E-state index is 0.313. The van der Waals surface area contributed by atoms with E-state index < -0.39 is 11.8 Å². The number of thiophene rings is 1. The normalized spacial score (nSPS) is 11.2. The smallest absolute Gasteiger partial charge is 0.318 e. The van der Waals surface area contributed by atoms with Gasteiger partial charge in [0.05, 0.1) is 14.9 Å². The standard InChI is InChI=1S/C14H10Cl3N3O2S/c1-7(11-2-3-12(17)23-11)19-20-14(22)13(21)18-10-5-8(15)4-9(16)6-10/h2-6H,1H3,(H,18,21)(H,20,22). The predicted molar refractivity (Wildman–Crippen MR) is 94.8 cm³/mol. The monoisotopic (exact) mass is 389 g/mol. The number of carbonyl (C=O) groups excluding carboxylic acids is 2. The van der Waals surface area contributed by atoms with Gasteiger partial charge in [0.2, 0.25) is 0 Å². The first kappa shape index (κ1) is 17.7. The Morgan fingerprint density at radius 1 is 1.04 bits per heavy atom. The molecule has 5 nitrogen and oxygen atoms in total. The summed E-state index contributed by atoms with van der Waals surface area (Å²) in [5.41, 5.74) is 3.02. The van der Waals surface area contributed by atoms with Crippen LogP contribution in [0, 0.1) is 0 Å². The average molecular weight is 391 g/mol. The van der Waals surface area contributed by atoms with E-state index in [4.69, 9.17) is 34.8 Å². The number of carbonyl (C=O) groups is 2. The van der Waals surface area contributed by atoms with Gasteiger partial charge >= 0.3 is 11.8 Å². The number of hydrogen-bond acceptors (Lipinski definition) is 4. The number of rotatable bonds is 3. The Bertz CT molecular complexity index is 769. The Morgan fingerprint density at radius 3 is 2.26 bits per heavy atom. The quantitative estimate of drug-likeness (QED) is 0.469. The van der Waals surface area contributed by atoms with E-state index in [2.05, 4.69) is 15.8 Å². The minimum Gasteiger partial charge on any atom is -0.318 e. The molecule has 0 aliphatic carbocycles. The maximum atomic E-state index is 11.8. The molecule has 2 aromatic rings. The fraction of sp³-hybridized carbons (Fsp3) is 0.0714. The summed E-state index contributed by atoms with van der Waals surface area (Å²) < 4.78 is 0.608. The van der Waals surface area contributed by atoms with Gasteiger partial charge in [0, 0.05) is 15.7 Å². The number of nitrogens with one attached hydrogen (secondary N) is 2. The summed E-state index contributed by atoms with van der Waals surface area (Å²) in [6, 6.07) is 7.95. The number of amides is 2. The van der Waals surface area contributed by atoms with E-state index in [0.717, 1.165) is 4.88 Å². The second-order valence-corrected chi connectivity index (χ2v) is 6.94. The zero-order chi connectivity index (χ0) is 17.0. The van der Waals surface area contributed by atoms with Crippen molar-refractivity contribution in [3.63, 3.8) is 0 Å². The molecule has 1 aromatic heterocycles. The fourth-order valence-corrected chi connectivity index (χ4v) is 3.08. The van der Waals surface area contributed by atoms with Gasteiger partial charge in [-0.2, -0.15) is 5.10 Å². The maximum Gasteiger partial charge on any atom is 0.329 e. The van der Waals surface area contributed by atoms with Crippen molar-refractivity contribution < 1.29 is 9.59 Å². The lowest BCUT2D eigenvalue weighted by atomic mass is 10.3. The molecule has 0 atom stereocenters. The third-order valence-corrected chi connectivity index (χ3v) is 4.36. The van der Waals surface area contributed by atoms with E-state index >= 15 is 0 Å². The molecule has 0 radical (unpaired) electrons. The van der Waals surface area contributed by atoms with Crippen LogP contribution in [0.25, 0.3) is 0 Å². The molecule has 9 heteroatoms. The molecule has 0 spiro atoms. The van der Waals surface area contributed by atoms with Crippen molar-refractivity contribution in [3.8, 4) is 0 Å². The number of halogens is 3. The lowest BCUT2D eigenvalue weighted by molar-refractivity contribution is -0.136. The first-order chi connectivity index (χ1) is 10.8. The summed E-state index contributed by atoms with van der Waals surface area (Å²) >= 11 is 18.8. The molecule has 1 heterocycles. The van der Waals surface area contributed by atoms with Crippen molar-refractivity contribution in [2.75, 3.05) is 5.32 Å². The summed E-state index contributed by atoms with van der Waals surface area (Å²) in [4.78, 5) is 24.3. The van der Waals surface area contributed by atoms with Crippen molar-refractivity contribution in [3.05, 3.63) is 49.6 Å². The predicted octanol–water partition coefficient (Wildman–Crippen LogP) is 4.19. The highest BCUT2D eigenvalue weighted by Gasteiger charge is 2.14. The molecule has 0 saturated carbocycles. The highest BCUT2D eigenvalue weighted by atomic mass is 35.5. The molecule has 2 amide bonds. The van der Waals surface area contributed by atoms with Gasteiger partial charge in [0.25, 0.3) is 0 Å². The van der Waals surface area contributed by atoms with Gasteiger partial charge in [-0.05, 0) is 37.3 Å². The lowest BCUT2D eigenvalue weighted by Crippen LogP contribution is -2.32. The molecule has 2 rings (SSSR count). The van der Waals surface area contributed by atoms with E-state index in [1.807, 2.05) is 0 Å². The largest absolute Gasteiger partial charge is 0.329 e. The third-order valence-electron chi connectivity index (χ3n) is 2.58. The summed E-state index contributed by atoms with van der Waals surface area (Å²) in [5.74, 6) is -1.80. The van der Waals surface area contributed by atoms with Gasteiger partial charge in [0.15, 0.2) is 0 Å². The number of nitrogens with zero attached hydrogens (tertiary/aromatic N) is 1.